The molecule has 0 saturated carbocycles. The summed E-state index contributed by atoms with van der Waals surface area (Å²) in [5.41, 5.74) is 2.60. The molecule has 3 heteroatoms. The Hall–Kier alpha value is -1.84. The van der Waals surface area contributed by atoms with Crippen LogP contribution in [0.15, 0.2) is 54.6 Å². The number of para-hydroxylation sites is 1. The summed E-state index contributed by atoms with van der Waals surface area (Å²) < 4.78 is 11.2. The molecule has 3 nitrogen and oxygen atoms in total. The number of hydrogen-bond acceptors (Lipinski definition) is 3. The van der Waals surface area contributed by atoms with E-state index in [0.717, 1.165) is 31.7 Å². The number of nitrogens with one attached hydrogen (secondary N) is 1. The zero-order chi connectivity index (χ0) is 17.0. The second kappa shape index (κ2) is 10.8. The van der Waals surface area contributed by atoms with Crippen molar-refractivity contribution >= 4 is 0 Å². The van der Waals surface area contributed by atoms with Gasteiger partial charge >= 0.3 is 0 Å². The van der Waals surface area contributed by atoms with Crippen molar-refractivity contribution in [2.24, 2.45) is 0 Å². The molecule has 2 rings (SSSR count). The van der Waals surface area contributed by atoms with E-state index in [9.17, 15) is 0 Å². The molecular formula is C21H29NO2. The van der Waals surface area contributed by atoms with Crippen LogP contribution in [0, 0.1) is 0 Å². The molecule has 0 amide bonds. The van der Waals surface area contributed by atoms with Crippen molar-refractivity contribution in [3.05, 3.63) is 65.7 Å². The first-order valence-electron chi connectivity index (χ1n) is 8.88. The third-order valence-corrected chi connectivity index (χ3v) is 4.01. The normalized spacial score (nSPS) is 12.1. The van der Waals surface area contributed by atoms with Gasteiger partial charge in [0.2, 0.25) is 0 Å². The van der Waals surface area contributed by atoms with Gasteiger partial charge in [0, 0.05) is 18.2 Å². The zero-order valence-electron chi connectivity index (χ0n) is 14.8. The van der Waals surface area contributed by atoms with Crippen LogP contribution in [0.2, 0.25) is 0 Å². The minimum atomic E-state index is 0.268. The van der Waals surface area contributed by atoms with E-state index in [4.69, 9.17) is 9.47 Å². The third-order valence-electron chi connectivity index (χ3n) is 4.01. The Morgan fingerprint density at radius 2 is 1.71 bits per heavy atom. The maximum absolute atomic E-state index is 5.87. The lowest BCUT2D eigenvalue weighted by atomic mass is 10.1. The van der Waals surface area contributed by atoms with Crippen LogP contribution in [0.1, 0.15) is 37.4 Å². The average Bonchev–Trinajstić information content (AvgIpc) is 2.63. The fourth-order valence-corrected chi connectivity index (χ4v) is 2.69. The maximum Gasteiger partial charge on any atom is 0.124 e. The third kappa shape index (κ3) is 6.34. The Labute approximate surface area is 146 Å². The van der Waals surface area contributed by atoms with Crippen molar-refractivity contribution in [1.29, 1.82) is 0 Å². The van der Waals surface area contributed by atoms with Crippen molar-refractivity contribution in [3.8, 4) is 5.75 Å². The average molecular weight is 327 g/mol. The highest BCUT2D eigenvalue weighted by molar-refractivity contribution is 5.35. The summed E-state index contributed by atoms with van der Waals surface area (Å²) in [5, 5.41) is 3.60. The predicted molar refractivity (Wildman–Crippen MR) is 99.6 cm³/mol. The Morgan fingerprint density at radius 3 is 2.50 bits per heavy atom. The number of hydrogen-bond donors (Lipinski definition) is 1. The molecule has 0 saturated heterocycles. The molecule has 0 aliphatic heterocycles. The van der Waals surface area contributed by atoms with Gasteiger partial charge < -0.3 is 14.8 Å². The number of benzene rings is 2. The molecule has 0 aliphatic rings. The predicted octanol–water partition coefficient (Wildman–Crippen LogP) is 4.39. The highest BCUT2D eigenvalue weighted by atomic mass is 16.5. The molecule has 0 aromatic heterocycles. The van der Waals surface area contributed by atoms with Crippen LogP contribution < -0.4 is 10.1 Å². The molecule has 24 heavy (non-hydrogen) atoms. The van der Waals surface area contributed by atoms with Crippen molar-refractivity contribution in [2.75, 3.05) is 26.4 Å². The van der Waals surface area contributed by atoms with Gasteiger partial charge in [0.15, 0.2) is 0 Å². The van der Waals surface area contributed by atoms with E-state index < -0.39 is 0 Å². The molecular weight excluding hydrogens is 298 g/mol. The van der Waals surface area contributed by atoms with Crippen molar-refractivity contribution in [3.63, 3.8) is 0 Å². The quantitative estimate of drug-likeness (QED) is 0.621. The molecule has 130 valence electrons. The number of aryl methyl sites for hydroxylation is 1. The van der Waals surface area contributed by atoms with Crippen LogP contribution in [0.3, 0.4) is 0 Å². The van der Waals surface area contributed by atoms with Gasteiger partial charge in [-0.15, -0.1) is 0 Å². The van der Waals surface area contributed by atoms with E-state index in [1.54, 1.807) is 0 Å². The summed E-state index contributed by atoms with van der Waals surface area (Å²) >= 11 is 0. The fraction of sp³-hybridized carbons (Fsp3) is 0.429. The molecule has 1 unspecified atom stereocenters. The van der Waals surface area contributed by atoms with Crippen molar-refractivity contribution < 1.29 is 9.47 Å². The first kappa shape index (κ1) is 18.5. The summed E-state index contributed by atoms with van der Waals surface area (Å²) in [7, 11) is 0. The fourth-order valence-electron chi connectivity index (χ4n) is 2.69. The van der Waals surface area contributed by atoms with Gasteiger partial charge in [-0.1, -0.05) is 48.5 Å². The van der Waals surface area contributed by atoms with E-state index in [1.807, 2.05) is 19.1 Å². The van der Waals surface area contributed by atoms with Crippen LogP contribution in [-0.2, 0) is 11.2 Å². The van der Waals surface area contributed by atoms with E-state index in [2.05, 4.69) is 54.7 Å². The minimum absolute atomic E-state index is 0.268. The second-order valence-corrected chi connectivity index (χ2v) is 5.85. The second-order valence-electron chi connectivity index (χ2n) is 5.85. The molecule has 0 heterocycles. The molecule has 1 N–H and O–H groups in total. The molecule has 0 bridgehead atoms. The maximum atomic E-state index is 5.87. The van der Waals surface area contributed by atoms with E-state index in [0.29, 0.717) is 13.2 Å². The van der Waals surface area contributed by atoms with Crippen LogP contribution in [0.4, 0.5) is 0 Å². The van der Waals surface area contributed by atoms with E-state index in [-0.39, 0.29) is 6.04 Å². The Kier molecular flexibility index (Phi) is 8.36. The van der Waals surface area contributed by atoms with Crippen LogP contribution in [-0.4, -0.2) is 26.4 Å². The van der Waals surface area contributed by atoms with Crippen LogP contribution in [0.5, 0.6) is 5.75 Å². The summed E-state index contributed by atoms with van der Waals surface area (Å²) in [6.07, 6.45) is 2.23. The number of ether oxygens (including phenoxy) is 2. The van der Waals surface area contributed by atoms with Gasteiger partial charge in [0.1, 0.15) is 12.4 Å². The largest absolute Gasteiger partial charge is 0.491 e. The zero-order valence-corrected chi connectivity index (χ0v) is 14.8. The van der Waals surface area contributed by atoms with Gasteiger partial charge in [0.05, 0.1) is 6.61 Å². The highest BCUT2D eigenvalue weighted by Gasteiger charge is 2.10. The van der Waals surface area contributed by atoms with Crippen LogP contribution in [0.25, 0.3) is 0 Å². The molecule has 1 atom stereocenters. The minimum Gasteiger partial charge on any atom is -0.491 e. The molecule has 0 spiro atoms. The topological polar surface area (TPSA) is 30.5 Å². The van der Waals surface area contributed by atoms with Gasteiger partial charge in [-0.05, 0) is 44.9 Å². The first-order chi connectivity index (χ1) is 11.8. The Morgan fingerprint density at radius 1 is 0.958 bits per heavy atom. The Bertz CT molecular complexity index is 571. The lowest BCUT2D eigenvalue weighted by Crippen LogP contribution is -2.21. The van der Waals surface area contributed by atoms with Crippen molar-refractivity contribution in [1.82, 2.24) is 5.32 Å². The van der Waals surface area contributed by atoms with Gasteiger partial charge in [0.25, 0.3) is 0 Å². The van der Waals surface area contributed by atoms with Crippen molar-refractivity contribution in [2.45, 2.75) is 32.7 Å². The summed E-state index contributed by atoms with van der Waals surface area (Å²) in [6.45, 7) is 7.12. The number of rotatable bonds is 11. The molecule has 0 fully saturated rings. The standard InChI is InChI=1S/C21H29NO2/c1-3-23-16-17-24-21-14-8-7-13-20(21)18(2)22-15-9-12-19-10-5-4-6-11-19/h4-8,10-11,13-14,18,22H,3,9,12,15-17H2,1-2H3. The smallest absolute Gasteiger partial charge is 0.124 e. The van der Waals surface area contributed by atoms with Gasteiger partial charge in [-0.3, -0.25) is 0 Å². The SMILES string of the molecule is CCOCCOc1ccccc1C(C)NCCCc1ccccc1. The summed E-state index contributed by atoms with van der Waals surface area (Å²) in [6, 6.07) is 19.1. The molecule has 0 aliphatic carbocycles. The summed E-state index contributed by atoms with van der Waals surface area (Å²) in [5.74, 6) is 0.945. The Balaban J connectivity index is 1.77. The lowest BCUT2D eigenvalue weighted by Gasteiger charge is -2.18. The van der Waals surface area contributed by atoms with Crippen LogP contribution >= 0.6 is 0 Å². The van der Waals surface area contributed by atoms with E-state index in [1.165, 1.54) is 11.1 Å². The highest BCUT2D eigenvalue weighted by Crippen LogP contribution is 2.24. The summed E-state index contributed by atoms with van der Waals surface area (Å²) in [4.78, 5) is 0. The molecule has 2 aromatic rings. The first-order valence-corrected chi connectivity index (χ1v) is 8.88. The van der Waals surface area contributed by atoms with Gasteiger partial charge in [-0.2, -0.15) is 0 Å². The van der Waals surface area contributed by atoms with E-state index >= 15 is 0 Å². The van der Waals surface area contributed by atoms with Gasteiger partial charge in [-0.25, -0.2) is 0 Å². The lowest BCUT2D eigenvalue weighted by molar-refractivity contribution is 0.109. The molecule has 0 radical (unpaired) electrons. The molecule has 2 aromatic carbocycles. The monoisotopic (exact) mass is 327 g/mol.